The summed E-state index contributed by atoms with van der Waals surface area (Å²) in [7, 11) is -3.35. The van der Waals surface area contributed by atoms with Crippen molar-refractivity contribution in [3.63, 3.8) is 0 Å². The number of rotatable bonds is 4. The Labute approximate surface area is 118 Å². The molecule has 0 aliphatic heterocycles. The van der Waals surface area contributed by atoms with E-state index in [1.165, 1.54) is 10.6 Å². The second-order valence-electron chi connectivity index (χ2n) is 7.90. The summed E-state index contributed by atoms with van der Waals surface area (Å²) in [5.74, 6) is 0.0675. The molecule has 0 aromatic carbocycles. The molecule has 0 radical (unpaired) electrons. The van der Waals surface area contributed by atoms with Crippen molar-refractivity contribution >= 4 is 15.8 Å². The summed E-state index contributed by atoms with van der Waals surface area (Å²) < 4.78 is 25.3. The van der Waals surface area contributed by atoms with Gasteiger partial charge in [0.2, 0.25) is 10.0 Å². The van der Waals surface area contributed by atoms with Gasteiger partial charge in [-0.3, -0.25) is 4.79 Å². The molecule has 0 spiro atoms. The first-order valence-electron chi connectivity index (χ1n) is 6.52. The highest BCUT2D eigenvalue weighted by molar-refractivity contribution is 7.88. The molecule has 0 fully saturated rings. The molecule has 0 aliphatic rings. The molecule has 0 amide bonds. The molecule has 0 N–H and O–H groups in total. The SMILES string of the molecule is CC(C)(C)C(=O)C(C)(C)CN(C(C)(C)C)S(C)(=O)=O. The van der Waals surface area contributed by atoms with Crippen LogP contribution < -0.4 is 0 Å². The van der Waals surface area contributed by atoms with E-state index in [1.54, 1.807) is 0 Å². The van der Waals surface area contributed by atoms with Gasteiger partial charge in [-0.2, -0.15) is 4.31 Å². The minimum absolute atomic E-state index is 0.0675. The summed E-state index contributed by atoms with van der Waals surface area (Å²) in [6, 6.07) is 0. The molecule has 0 aliphatic carbocycles. The van der Waals surface area contributed by atoms with Gasteiger partial charge in [-0.1, -0.05) is 34.6 Å². The number of hydrogen-bond acceptors (Lipinski definition) is 3. The summed E-state index contributed by atoms with van der Waals surface area (Å²) in [6.45, 7) is 14.9. The molecule has 0 heterocycles. The maximum absolute atomic E-state index is 12.5. The zero-order valence-corrected chi connectivity index (χ0v) is 14.6. The van der Waals surface area contributed by atoms with Crippen molar-refractivity contribution < 1.29 is 13.2 Å². The van der Waals surface area contributed by atoms with Crippen molar-refractivity contribution in [2.24, 2.45) is 10.8 Å². The minimum atomic E-state index is -3.35. The predicted octanol–water partition coefficient (Wildman–Crippen LogP) is 2.69. The summed E-state index contributed by atoms with van der Waals surface area (Å²) >= 11 is 0. The van der Waals surface area contributed by atoms with Crippen LogP contribution >= 0.6 is 0 Å². The maximum Gasteiger partial charge on any atom is 0.211 e. The van der Waals surface area contributed by atoms with Gasteiger partial charge in [-0.25, -0.2) is 8.42 Å². The Morgan fingerprint density at radius 3 is 1.53 bits per heavy atom. The number of carbonyl (C=O) groups is 1. The van der Waals surface area contributed by atoms with Crippen LogP contribution in [0.25, 0.3) is 0 Å². The van der Waals surface area contributed by atoms with Gasteiger partial charge >= 0.3 is 0 Å². The fourth-order valence-electron chi connectivity index (χ4n) is 2.30. The molecule has 114 valence electrons. The van der Waals surface area contributed by atoms with E-state index in [0.29, 0.717) is 0 Å². The van der Waals surface area contributed by atoms with Crippen LogP contribution in [0.3, 0.4) is 0 Å². The Morgan fingerprint density at radius 2 is 1.32 bits per heavy atom. The number of sulfonamides is 1. The van der Waals surface area contributed by atoms with Crippen LogP contribution in [0.5, 0.6) is 0 Å². The maximum atomic E-state index is 12.5. The van der Waals surface area contributed by atoms with Crippen molar-refractivity contribution in [2.45, 2.75) is 60.9 Å². The predicted molar refractivity (Wildman–Crippen MR) is 79.5 cm³/mol. The third kappa shape index (κ3) is 5.22. The van der Waals surface area contributed by atoms with E-state index < -0.39 is 26.4 Å². The second-order valence-corrected chi connectivity index (χ2v) is 9.81. The average molecular weight is 291 g/mol. The van der Waals surface area contributed by atoms with E-state index in [9.17, 15) is 13.2 Å². The average Bonchev–Trinajstić information content (AvgIpc) is 2.08. The largest absolute Gasteiger partial charge is 0.298 e. The minimum Gasteiger partial charge on any atom is -0.298 e. The highest BCUT2D eigenvalue weighted by atomic mass is 32.2. The van der Waals surface area contributed by atoms with Crippen molar-refractivity contribution in [3.8, 4) is 0 Å². The molecule has 0 aromatic heterocycles. The first kappa shape index (κ1) is 18.6. The molecule has 0 bridgehead atoms. The van der Waals surface area contributed by atoms with Crippen LogP contribution in [0.15, 0.2) is 0 Å². The topological polar surface area (TPSA) is 54.5 Å². The van der Waals surface area contributed by atoms with Crippen LogP contribution in [0.4, 0.5) is 0 Å². The lowest BCUT2D eigenvalue weighted by Crippen LogP contribution is -2.52. The molecule has 19 heavy (non-hydrogen) atoms. The van der Waals surface area contributed by atoms with E-state index in [-0.39, 0.29) is 12.3 Å². The van der Waals surface area contributed by atoms with E-state index >= 15 is 0 Å². The molecule has 5 heteroatoms. The molecule has 0 saturated carbocycles. The molecular weight excluding hydrogens is 262 g/mol. The Balaban J connectivity index is 5.45. The van der Waals surface area contributed by atoms with Crippen LogP contribution in [0.1, 0.15) is 55.4 Å². The Kier molecular flexibility index (Phi) is 5.05. The van der Waals surface area contributed by atoms with Gasteiger partial charge in [0.1, 0.15) is 5.78 Å². The van der Waals surface area contributed by atoms with Crippen LogP contribution in [-0.4, -0.2) is 36.8 Å². The summed E-state index contributed by atoms with van der Waals surface area (Å²) in [6.07, 6.45) is 1.19. The second kappa shape index (κ2) is 5.17. The first-order chi connectivity index (χ1) is 7.99. The normalized spacial score (nSPS) is 14.8. The van der Waals surface area contributed by atoms with Gasteiger partial charge in [0.05, 0.1) is 6.26 Å². The smallest absolute Gasteiger partial charge is 0.211 e. The van der Waals surface area contributed by atoms with E-state index in [0.717, 1.165) is 0 Å². The number of ketones is 1. The molecule has 0 unspecified atom stereocenters. The number of Topliss-reactive ketones (excluding diaryl/α,β-unsaturated/α-hetero) is 1. The Morgan fingerprint density at radius 1 is 0.947 bits per heavy atom. The van der Waals surface area contributed by atoms with E-state index in [1.807, 2.05) is 55.4 Å². The summed E-state index contributed by atoms with van der Waals surface area (Å²) in [5, 5.41) is 0. The van der Waals surface area contributed by atoms with Gasteiger partial charge in [0.15, 0.2) is 0 Å². The van der Waals surface area contributed by atoms with Gasteiger partial charge in [0, 0.05) is 22.9 Å². The lowest BCUT2D eigenvalue weighted by Gasteiger charge is -2.40. The summed E-state index contributed by atoms with van der Waals surface area (Å²) in [4.78, 5) is 12.5. The lowest BCUT2D eigenvalue weighted by molar-refractivity contribution is -0.135. The molecular formula is C14H29NO3S. The highest BCUT2D eigenvalue weighted by Crippen LogP contribution is 2.32. The standard InChI is InChI=1S/C14H29NO3S/c1-12(2,3)11(16)14(7,8)10-15(13(4,5)6)19(9,17)18/h10H2,1-9H3. The van der Waals surface area contributed by atoms with Gasteiger partial charge in [-0.15, -0.1) is 0 Å². The lowest BCUT2D eigenvalue weighted by atomic mass is 9.74. The van der Waals surface area contributed by atoms with Gasteiger partial charge in [-0.05, 0) is 20.8 Å². The Bertz CT molecular complexity index is 436. The van der Waals surface area contributed by atoms with Crippen molar-refractivity contribution in [3.05, 3.63) is 0 Å². The molecule has 0 aromatic rings. The highest BCUT2D eigenvalue weighted by Gasteiger charge is 2.41. The van der Waals surface area contributed by atoms with Crippen LogP contribution in [0, 0.1) is 10.8 Å². The van der Waals surface area contributed by atoms with Gasteiger partial charge < -0.3 is 0 Å². The fourth-order valence-corrected chi connectivity index (χ4v) is 3.85. The quantitative estimate of drug-likeness (QED) is 0.800. The van der Waals surface area contributed by atoms with Crippen molar-refractivity contribution in [1.82, 2.24) is 4.31 Å². The zero-order valence-electron chi connectivity index (χ0n) is 13.8. The fraction of sp³-hybridized carbons (Fsp3) is 0.929. The summed E-state index contributed by atoms with van der Waals surface area (Å²) in [5.41, 5.74) is -1.73. The third-order valence-corrected chi connectivity index (χ3v) is 4.46. The number of carbonyl (C=O) groups excluding carboxylic acids is 1. The van der Waals surface area contributed by atoms with Crippen LogP contribution in [-0.2, 0) is 14.8 Å². The van der Waals surface area contributed by atoms with Crippen molar-refractivity contribution in [2.75, 3.05) is 12.8 Å². The number of nitrogens with zero attached hydrogens (tertiary/aromatic N) is 1. The number of hydrogen-bond donors (Lipinski definition) is 0. The molecule has 0 saturated heterocycles. The van der Waals surface area contributed by atoms with Crippen molar-refractivity contribution in [1.29, 1.82) is 0 Å². The third-order valence-electron chi connectivity index (χ3n) is 2.98. The van der Waals surface area contributed by atoms with Crippen LogP contribution in [0.2, 0.25) is 0 Å². The Hall–Kier alpha value is -0.420. The van der Waals surface area contributed by atoms with E-state index in [4.69, 9.17) is 0 Å². The first-order valence-corrected chi connectivity index (χ1v) is 8.37. The van der Waals surface area contributed by atoms with E-state index in [2.05, 4.69) is 0 Å². The monoisotopic (exact) mass is 291 g/mol. The molecule has 4 nitrogen and oxygen atoms in total. The molecule has 0 atom stereocenters. The zero-order chi connectivity index (χ0) is 15.9. The van der Waals surface area contributed by atoms with Gasteiger partial charge in [0.25, 0.3) is 0 Å². The molecule has 0 rings (SSSR count).